The van der Waals surface area contributed by atoms with Crippen LogP contribution in [-0.2, 0) is 0 Å². The van der Waals surface area contributed by atoms with E-state index in [0.717, 1.165) is 22.4 Å². The molecule has 4 heteroatoms. The van der Waals surface area contributed by atoms with Crippen molar-refractivity contribution in [3.8, 4) is 5.75 Å². The van der Waals surface area contributed by atoms with Crippen molar-refractivity contribution in [2.75, 3.05) is 6.61 Å². The summed E-state index contributed by atoms with van der Waals surface area (Å²) in [5.41, 5.74) is 2.92. The first-order chi connectivity index (χ1) is 8.68. The normalized spacial score (nSPS) is 11.5. The maximum Gasteiger partial charge on any atom is 0.125 e. The average Bonchev–Trinajstić information content (AvgIpc) is 2.39. The minimum Gasteiger partial charge on any atom is -0.490 e. The Bertz CT molecular complexity index is 497. The van der Waals surface area contributed by atoms with Gasteiger partial charge in [-0.25, -0.2) is 0 Å². The molecule has 1 aromatic heterocycles. The third-order valence-electron chi connectivity index (χ3n) is 2.86. The van der Waals surface area contributed by atoms with Crippen molar-refractivity contribution in [1.82, 2.24) is 4.98 Å². The lowest BCUT2D eigenvalue weighted by molar-refractivity contribution is 0.107. The van der Waals surface area contributed by atoms with Crippen LogP contribution in [0.5, 0.6) is 5.75 Å². The zero-order valence-electron chi connectivity index (χ0n) is 11.0. The first kappa shape index (κ1) is 15.5. The fraction of sp³-hybridized carbons (Fsp3) is 0.267. The number of para-hydroxylation sites is 1. The van der Waals surface area contributed by atoms with E-state index in [1.165, 1.54) is 0 Å². The van der Waals surface area contributed by atoms with Gasteiger partial charge in [0, 0.05) is 18.0 Å². The summed E-state index contributed by atoms with van der Waals surface area (Å²) in [7, 11) is 0. The Kier molecular flexibility index (Phi) is 5.80. The first-order valence-corrected chi connectivity index (χ1v) is 5.95. The number of rotatable bonds is 4. The molecule has 3 nitrogen and oxygen atoms in total. The van der Waals surface area contributed by atoms with Gasteiger partial charge in [0.1, 0.15) is 18.5 Å². The van der Waals surface area contributed by atoms with Crippen molar-refractivity contribution >= 4 is 12.4 Å². The molecule has 0 fully saturated rings. The summed E-state index contributed by atoms with van der Waals surface area (Å²) in [6, 6.07) is 9.63. The molecule has 0 aliphatic rings. The quantitative estimate of drug-likeness (QED) is 0.934. The second-order valence-electron chi connectivity index (χ2n) is 4.33. The van der Waals surface area contributed by atoms with Crippen molar-refractivity contribution in [3.05, 3.63) is 59.4 Å². The number of aryl methyl sites for hydroxylation is 2. The molecule has 102 valence electrons. The Labute approximate surface area is 119 Å². The molecule has 0 aliphatic heterocycles. The van der Waals surface area contributed by atoms with Crippen LogP contribution in [0.15, 0.2) is 42.7 Å². The van der Waals surface area contributed by atoms with Crippen molar-refractivity contribution in [2.24, 2.45) is 0 Å². The number of ether oxygens (including phenoxy) is 1. The summed E-state index contributed by atoms with van der Waals surface area (Å²) in [5.74, 6) is 0.848. The van der Waals surface area contributed by atoms with Crippen molar-refractivity contribution in [2.45, 2.75) is 20.0 Å². The lowest BCUT2D eigenvalue weighted by Crippen LogP contribution is -2.11. The van der Waals surface area contributed by atoms with Gasteiger partial charge >= 0.3 is 0 Å². The monoisotopic (exact) mass is 279 g/mol. The molecule has 1 unspecified atom stereocenters. The van der Waals surface area contributed by atoms with E-state index in [1.807, 2.05) is 38.1 Å². The van der Waals surface area contributed by atoms with E-state index in [1.54, 1.807) is 18.5 Å². The summed E-state index contributed by atoms with van der Waals surface area (Å²) in [5, 5.41) is 10.00. The predicted octanol–water partition coefficient (Wildman–Crippen LogP) is 3.23. The van der Waals surface area contributed by atoms with Gasteiger partial charge < -0.3 is 9.84 Å². The number of hydrogen-bond donors (Lipinski definition) is 1. The van der Waals surface area contributed by atoms with Crippen LogP contribution in [0.4, 0.5) is 0 Å². The molecule has 0 saturated heterocycles. The molecule has 1 atom stereocenters. The van der Waals surface area contributed by atoms with E-state index in [0.29, 0.717) is 0 Å². The second kappa shape index (κ2) is 7.12. The highest BCUT2D eigenvalue weighted by Crippen LogP contribution is 2.23. The number of hydrogen-bond acceptors (Lipinski definition) is 3. The molecular formula is C15H18ClNO2. The zero-order chi connectivity index (χ0) is 13.0. The minimum atomic E-state index is -0.655. The number of aliphatic hydroxyl groups is 1. The van der Waals surface area contributed by atoms with Gasteiger partial charge in [0.2, 0.25) is 0 Å². The van der Waals surface area contributed by atoms with Crippen molar-refractivity contribution in [1.29, 1.82) is 0 Å². The average molecular weight is 280 g/mol. The summed E-state index contributed by atoms with van der Waals surface area (Å²) >= 11 is 0. The number of aliphatic hydroxyl groups excluding tert-OH is 1. The molecule has 0 amide bonds. The van der Waals surface area contributed by atoms with Crippen LogP contribution >= 0.6 is 12.4 Å². The van der Waals surface area contributed by atoms with Crippen LogP contribution in [0, 0.1) is 13.8 Å². The van der Waals surface area contributed by atoms with Gasteiger partial charge in [0.25, 0.3) is 0 Å². The SMILES string of the molecule is Cc1cccc(C)c1OCC(O)c1cccnc1.Cl. The van der Waals surface area contributed by atoms with Crippen LogP contribution in [0.1, 0.15) is 22.8 Å². The first-order valence-electron chi connectivity index (χ1n) is 5.95. The molecule has 2 aromatic rings. The molecule has 0 radical (unpaired) electrons. The standard InChI is InChI=1S/C15H17NO2.ClH/c1-11-5-3-6-12(2)15(11)18-10-14(17)13-7-4-8-16-9-13;/h3-9,14,17H,10H2,1-2H3;1H. The topological polar surface area (TPSA) is 42.4 Å². The fourth-order valence-corrected chi connectivity index (χ4v) is 1.86. The molecule has 0 spiro atoms. The maximum absolute atomic E-state index is 10.00. The van der Waals surface area contributed by atoms with Crippen LogP contribution < -0.4 is 4.74 Å². The Morgan fingerprint density at radius 1 is 1.16 bits per heavy atom. The second-order valence-corrected chi connectivity index (χ2v) is 4.33. The highest BCUT2D eigenvalue weighted by molar-refractivity contribution is 5.85. The van der Waals surface area contributed by atoms with E-state index in [4.69, 9.17) is 4.74 Å². The molecule has 0 bridgehead atoms. The molecule has 1 aromatic carbocycles. The van der Waals surface area contributed by atoms with Crippen molar-refractivity contribution < 1.29 is 9.84 Å². The van der Waals surface area contributed by atoms with Crippen LogP contribution in [0.3, 0.4) is 0 Å². The van der Waals surface area contributed by atoms with Gasteiger partial charge in [0.05, 0.1) is 0 Å². The minimum absolute atomic E-state index is 0. The largest absolute Gasteiger partial charge is 0.490 e. The molecule has 1 N–H and O–H groups in total. The Morgan fingerprint density at radius 3 is 2.42 bits per heavy atom. The molecule has 19 heavy (non-hydrogen) atoms. The van der Waals surface area contributed by atoms with Gasteiger partial charge in [-0.05, 0) is 31.0 Å². The van der Waals surface area contributed by atoms with Gasteiger partial charge in [-0.2, -0.15) is 0 Å². The molecule has 0 aliphatic carbocycles. The highest BCUT2D eigenvalue weighted by atomic mass is 35.5. The van der Waals surface area contributed by atoms with Gasteiger partial charge in [-0.1, -0.05) is 24.3 Å². The summed E-state index contributed by atoms with van der Waals surface area (Å²) in [4.78, 5) is 3.98. The predicted molar refractivity (Wildman–Crippen MR) is 77.9 cm³/mol. The fourth-order valence-electron chi connectivity index (χ4n) is 1.86. The molecule has 0 saturated carbocycles. The summed E-state index contributed by atoms with van der Waals surface area (Å²) < 4.78 is 5.71. The number of pyridine rings is 1. The smallest absolute Gasteiger partial charge is 0.125 e. The number of nitrogens with zero attached hydrogens (tertiary/aromatic N) is 1. The van der Waals surface area contributed by atoms with Crippen LogP contribution in [0.2, 0.25) is 0 Å². The van der Waals surface area contributed by atoms with E-state index in [2.05, 4.69) is 4.98 Å². The number of aromatic nitrogens is 1. The summed E-state index contributed by atoms with van der Waals surface area (Å²) in [6.07, 6.45) is 2.68. The number of halogens is 1. The van der Waals surface area contributed by atoms with E-state index >= 15 is 0 Å². The zero-order valence-corrected chi connectivity index (χ0v) is 11.9. The lowest BCUT2D eigenvalue weighted by Gasteiger charge is -2.15. The number of benzene rings is 1. The molecular weight excluding hydrogens is 262 g/mol. The van der Waals surface area contributed by atoms with E-state index in [-0.39, 0.29) is 19.0 Å². The van der Waals surface area contributed by atoms with E-state index in [9.17, 15) is 5.11 Å². The van der Waals surface area contributed by atoms with E-state index < -0.39 is 6.10 Å². The van der Waals surface area contributed by atoms with Crippen LogP contribution in [-0.4, -0.2) is 16.7 Å². The van der Waals surface area contributed by atoms with Crippen molar-refractivity contribution in [3.63, 3.8) is 0 Å². The van der Waals surface area contributed by atoms with Gasteiger partial charge in [-0.3, -0.25) is 4.98 Å². The third kappa shape index (κ3) is 3.94. The highest BCUT2D eigenvalue weighted by Gasteiger charge is 2.10. The van der Waals surface area contributed by atoms with Gasteiger partial charge in [0.15, 0.2) is 0 Å². The summed E-state index contributed by atoms with van der Waals surface area (Å²) in [6.45, 7) is 4.23. The van der Waals surface area contributed by atoms with Gasteiger partial charge in [-0.15, -0.1) is 12.4 Å². The molecule has 1 heterocycles. The molecule has 2 rings (SSSR count). The third-order valence-corrected chi connectivity index (χ3v) is 2.86. The lowest BCUT2D eigenvalue weighted by atomic mass is 10.1. The Balaban J connectivity index is 0.00000180. The maximum atomic E-state index is 10.00. The van der Waals surface area contributed by atoms with Crippen LogP contribution in [0.25, 0.3) is 0 Å². The Hall–Kier alpha value is -1.58. The Morgan fingerprint density at radius 2 is 1.84 bits per heavy atom.